The molecule has 7 nitrogen and oxygen atoms in total. The number of anilines is 1. The molecule has 0 radical (unpaired) electrons. The molecule has 1 fully saturated rings. The zero-order valence-electron chi connectivity index (χ0n) is 17.0. The summed E-state index contributed by atoms with van der Waals surface area (Å²) in [5, 5.41) is 11.7. The van der Waals surface area contributed by atoms with Crippen LogP contribution >= 0.6 is 11.6 Å². The zero-order valence-corrected chi connectivity index (χ0v) is 17.7. The molecule has 3 aromatic rings. The summed E-state index contributed by atoms with van der Waals surface area (Å²) in [6.45, 7) is 1.09. The van der Waals surface area contributed by atoms with Gasteiger partial charge in [0.2, 0.25) is 11.8 Å². The Labute approximate surface area is 184 Å². The molecule has 1 aliphatic heterocycles. The standard InChI is InChI=1S/C22H22ClFN4O3/c1-30-19-9-6-16(23)12-18(19)25-22(29)28-10-2-3-15(13-28)21-27-26-20(31-21)11-14-4-7-17(24)8-5-14/h4-9,12,15H,2-3,10-11,13H2,1H3,(H,25,29)/t15-/m0/s1. The summed E-state index contributed by atoms with van der Waals surface area (Å²) in [5.41, 5.74) is 1.40. The van der Waals surface area contributed by atoms with Crippen molar-refractivity contribution < 1.29 is 18.3 Å². The summed E-state index contributed by atoms with van der Waals surface area (Å²) in [6, 6.07) is 11.0. The Morgan fingerprint density at radius 3 is 2.87 bits per heavy atom. The van der Waals surface area contributed by atoms with Gasteiger partial charge >= 0.3 is 6.03 Å². The monoisotopic (exact) mass is 444 g/mol. The van der Waals surface area contributed by atoms with Crippen LogP contribution < -0.4 is 10.1 Å². The van der Waals surface area contributed by atoms with Gasteiger partial charge in [0.05, 0.1) is 25.1 Å². The minimum Gasteiger partial charge on any atom is -0.495 e. The predicted molar refractivity (Wildman–Crippen MR) is 114 cm³/mol. The number of methoxy groups -OCH3 is 1. The number of carbonyl (C=O) groups excluding carboxylic acids is 1. The van der Waals surface area contributed by atoms with Gasteiger partial charge in [-0.15, -0.1) is 10.2 Å². The fraction of sp³-hybridized carbons (Fsp3) is 0.318. The van der Waals surface area contributed by atoms with E-state index in [1.54, 1.807) is 35.2 Å². The fourth-order valence-electron chi connectivity index (χ4n) is 3.62. The third kappa shape index (κ3) is 5.14. The Bertz CT molecular complexity index is 1060. The summed E-state index contributed by atoms with van der Waals surface area (Å²) in [7, 11) is 1.54. The molecule has 2 amide bonds. The second-order valence-electron chi connectivity index (χ2n) is 7.40. The highest BCUT2D eigenvalue weighted by atomic mass is 35.5. The lowest BCUT2D eigenvalue weighted by Crippen LogP contribution is -2.41. The van der Waals surface area contributed by atoms with Crippen molar-refractivity contribution in [3.8, 4) is 5.75 Å². The van der Waals surface area contributed by atoms with Crippen LogP contribution in [0.25, 0.3) is 0 Å². The third-order valence-electron chi connectivity index (χ3n) is 5.21. The van der Waals surface area contributed by atoms with E-state index in [1.165, 1.54) is 19.2 Å². The van der Waals surface area contributed by atoms with Gasteiger partial charge in [-0.25, -0.2) is 9.18 Å². The molecule has 1 aliphatic rings. The van der Waals surface area contributed by atoms with Crippen LogP contribution in [0.5, 0.6) is 5.75 Å². The van der Waals surface area contributed by atoms with Crippen molar-refractivity contribution in [3.63, 3.8) is 0 Å². The molecule has 1 atom stereocenters. The number of nitrogens with zero attached hydrogens (tertiary/aromatic N) is 3. The van der Waals surface area contributed by atoms with Crippen LogP contribution in [-0.2, 0) is 6.42 Å². The molecule has 0 spiro atoms. The van der Waals surface area contributed by atoms with Gasteiger partial charge in [0, 0.05) is 18.1 Å². The van der Waals surface area contributed by atoms with Gasteiger partial charge in [0.1, 0.15) is 11.6 Å². The average Bonchev–Trinajstić information content (AvgIpc) is 3.24. The quantitative estimate of drug-likeness (QED) is 0.607. The van der Waals surface area contributed by atoms with Crippen LogP contribution in [0.1, 0.15) is 36.1 Å². The van der Waals surface area contributed by atoms with Crippen molar-refractivity contribution in [2.45, 2.75) is 25.2 Å². The highest BCUT2D eigenvalue weighted by Gasteiger charge is 2.29. The van der Waals surface area contributed by atoms with E-state index < -0.39 is 0 Å². The first-order valence-corrected chi connectivity index (χ1v) is 10.4. The highest BCUT2D eigenvalue weighted by molar-refractivity contribution is 6.31. The topological polar surface area (TPSA) is 80.5 Å². The number of benzene rings is 2. The number of piperidine rings is 1. The SMILES string of the molecule is COc1ccc(Cl)cc1NC(=O)N1CCC[C@H](c2nnc(Cc3ccc(F)cc3)o2)C1. The first-order valence-electron chi connectivity index (χ1n) is 9.98. The molecule has 1 saturated heterocycles. The average molecular weight is 445 g/mol. The van der Waals surface area contributed by atoms with Crippen molar-refractivity contribution >= 4 is 23.3 Å². The maximum absolute atomic E-state index is 13.1. The summed E-state index contributed by atoms with van der Waals surface area (Å²) in [5.74, 6) is 1.18. The van der Waals surface area contributed by atoms with Gasteiger partial charge in [0.25, 0.3) is 0 Å². The van der Waals surface area contributed by atoms with Crippen LogP contribution in [0.2, 0.25) is 5.02 Å². The maximum Gasteiger partial charge on any atom is 0.321 e. The van der Waals surface area contributed by atoms with Crippen LogP contribution in [0.4, 0.5) is 14.9 Å². The Morgan fingerprint density at radius 2 is 2.10 bits per heavy atom. The predicted octanol–water partition coefficient (Wildman–Crippen LogP) is 4.87. The van der Waals surface area contributed by atoms with E-state index in [9.17, 15) is 9.18 Å². The van der Waals surface area contributed by atoms with E-state index in [-0.39, 0.29) is 17.8 Å². The number of hydrogen-bond donors (Lipinski definition) is 1. The highest BCUT2D eigenvalue weighted by Crippen LogP contribution is 2.30. The lowest BCUT2D eigenvalue weighted by Gasteiger charge is -2.31. The minimum absolute atomic E-state index is 0.0461. The fourth-order valence-corrected chi connectivity index (χ4v) is 3.79. The number of rotatable bonds is 5. The normalized spacial score (nSPS) is 16.2. The molecule has 1 aromatic heterocycles. The Hall–Kier alpha value is -3.13. The summed E-state index contributed by atoms with van der Waals surface area (Å²) in [4.78, 5) is 14.5. The van der Waals surface area contributed by atoms with Gasteiger partial charge in [-0.2, -0.15) is 0 Å². The zero-order chi connectivity index (χ0) is 21.8. The number of amides is 2. The molecule has 2 heterocycles. The number of likely N-dealkylation sites (tertiary alicyclic amines) is 1. The number of urea groups is 1. The molecule has 162 valence electrons. The molecule has 0 saturated carbocycles. The van der Waals surface area contributed by atoms with Crippen LogP contribution in [-0.4, -0.2) is 41.3 Å². The maximum atomic E-state index is 13.1. The molecule has 1 N–H and O–H groups in total. The van der Waals surface area contributed by atoms with E-state index in [4.69, 9.17) is 20.8 Å². The van der Waals surface area contributed by atoms with Gasteiger partial charge in [-0.3, -0.25) is 0 Å². The number of ether oxygens (including phenoxy) is 1. The number of nitrogens with one attached hydrogen (secondary N) is 1. The minimum atomic E-state index is -0.286. The van der Waals surface area contributed by atoms with Crippen LogP contribution in [0.3, 0.4) is 0 Å². The second-order valence-corrected chi connectivity index (χ2v) is 7.83. The summed E-state index contributed by atoms with van der Waals surface area (Å²) in [6.07, 6.45) is 2.10. The smallest absolute Gasteiger partial charge is 0.321 e. The molecule has 2 aromatic carbocycles. The lowest BCUT2D eigenvalue weighted by atomic mass is 9.98. The van der Waals surface area contributed by atoms with E-state index in [0.29, 0.717) is 47.8 Å². The second kappa shape index (κ2) is 9.34. The largest absolute Gasteiger partial charge is 0.495 e. The first-order chi connectivity index (χ1) is 15.0. The molecule has 0 unspecified atom stereocenters. The van der Waals surface area contributed by atoms with Gasteiger partial charge in [-0.05, 0) is 48.7 Å². The van der Waals surface area contributed by atoms with Crippen molar-refractivity contribution in [1.82, 2.24) is 15.1 Å². The first kappa shape index (κ1) is 21.1. The van der Waals surface area contributed by atoms with Crippen molar-refractivity contribution in [1.29, 1.82) is 0 Å². The molecule has 0 bridgehead atoms. The Kier molecular flexibility index (Phi) is 6.36. The van der Waals surface area contributed by atoms with Crippen LogP contribution in [0, 0.1) is 5.82 Å². The number of halogens is 2. The number of aromatic nitrogens is 2. The van der Waals surface area contributed by atoms with Crippen molar-refractivity contribution in [2.24, 2.45) is 0 Å². The molecule has 4 rings (SSSR count). The summed E-state index contributed by atoms with van der Waals surface area (Å²) >= 11 is 6.05. The molecular formula is C22H22ClFN4O3. The third-order valence-corrected chi connectivity index (χ3v) is 5.45. The lowest BCUT2D eigenvalue weighted by molar-refractivity contribution is 0.186. The molecule has 9 heteroatoms. The van der Waals surface area contributed by atoms with Gasteiger partial charge < -0.3 is 19.4 Å². The van der Waals surface area contributed by atoms with Crippen molar-refractivity contribution in [3.05, 3.63) is 70.6 Å². The van der Waals surface area contributed by atoms with Crippen LogP contribution in [0.15, 0.2) is 46.9 Å². The molecule has 0 aliphatic carbocycles. The number of hydrogen-bond acceptors (Lipinski definition) is 5. The summed E-state index contributed by atoms with van der Waals surface area (Å²) < 4.78 is 24.2. The Morgan fingerprint density at radius 1 is 1.29 bits per heavy atom. The van der Waals surface area contributed by atoms with Gasteiger partial charge in [0.15, 0.2) is 0 Å². The van der Waals surface area contributed by atoms with Gasteiger partial charge in [-0.1, -0.05) is 23.7 Å². The van der Waals surface area contributed by atoms with E-state index >= 15 is 0 Å². The Balaban J connectivity index is 1.40. The van der Waals surface area contributed by atoms with E-state index in [2.05, 4.69) is 15.5 Å². The molecular weight excluding hydrogens is 423 g/mol. The van der Waals surface area contributed by atoms with E-state index in [0.717, 1.165) is 18.4 Å². The number of carbonyl (C=O) groups is 1. The van der Waals surface area contributed by atoms with E-state index in [1.807, 2.05) is 0 Å². The van der Waals surface area contributed by atoms with Crippen molar-refractivity contribution in [2.75, 3.05) is 25.5 Å². The molecule has 31 heavy (non-hydrogen) atoms.